The highest BCUT2D eigenvalue weighted by atomic mass is 16.5. The Morgan fingerprint density at radius 1 is 1.29 bits per heavy atom. The van der Waals surface area contributed by atoms with Crippen LogP contribution >= 0.6 is 0 Å². The first-order valence-corrected chi connectivity index (χ1v) is 9.34. The summed E-state index contributed by atoms with van der Waals surface area (Å²) in [5.41, 5.74) is 8.73. The highest BCUT2D eigenvalue weighted by molar-refractivity contribution is 5.91. The van der Waals surface area contributed by atoms with Crippen molar-refractivity contribution in [1.29, 1.82) is 0 Å². The van der Waals surface area contributed by atoms with E-state index in [1.807, 2.05) is 25.3 Å². The number of imidazole rings is 1. The number of aryl methyl sites for hydroxylation is 1. The van der Waals surface area contributed by atoms with Crippen LogP contribution in [0.1, 0.15) is 60.3 Å². The van der Waals surface area contributed by atoms with Gasteiger partial charge in [0.2, 0.25) is 11.7 Å². The fourth-order valence-corrected chi connectivity index (χ4v) is 2.98. The molecule has 0 aliphatic heterocycles. The molecular weight excluding hydrogens is 358 g/mol. The van der Waals surface area contributed by atoms with Crippen molar-refractivity contribution in [1.82, 2.24) is 19.9 Å². The highest BCUT2D eigenvalue weighted by Gasteiger charge is 2.15. The van der Waals surface area contributed by atoms with Gasteiger partial charge in [0.1, 0.15) is 12.1 Å². The zero-order valence-corrected chi connectivity index (χ0v) is 16.1. The van der Waals surface area contributed by atoms with Crippen molar-refractivity contribution < 1.29 is 13.9 Å². The second-order valence-electron chi connectivity index (χ2n) is 6.65. The molecule has 3 aromatic rings. The van der Waals surface area contributed by atoms with Crippen LogP contribution in [-0.2, 0) is 0 Å². The van der Waals surface area contributed by atoms with Gasteiger partial charge in [0.25, 0.3) is 5.89 Å². The van der Waals surface area contributed by atoms with Crippen LogP contribution in [0, 0.1) is 6.92 Å². The van der Waals surface area contributed by atoms with Crippen LogP contribution in [0.5, 0.6) is 5.88 Å². The summed E-state index contributed by atoms with van der Waals surface area (Å²) in [4.78, 5) is 27.8. The van der Waals surface area contributed by atoms with Crippen LogP contribution in [0.25, 0.3) is 11.3 Å². The van der Waals surface area contributed by atoms with E-state index in [-0.39, 0.29) is 17.7 Å². The van der Waals surface area contributed by atoms with Gasteiger partial charge in [-0.2, -0.15) is 0 Å². The smallest absolute Gasteiger partial charge is 0.263 e. The molecule has 0 spiro atoms. The molecule has 3 aromatic heterocycles. The summed E-state index contributed by atoms with van der Waals surface area (Å²) in [5, 5.41) is 0. The first-order valence-electron chi connectivity index (χ1n) is 9.34. The minimum atomic E-state index is -0.194. The molecule has 28 heavy (non-hydrogen) atoms. The summed E-state index contributed by atoms with van der Waals surface area (Å²) in [6.07, 6.45) is 8.51. The Balaban J connectivity index is 1.48. The number of nitrogens with zero attached hydrogens (tertiary/aromatic N) is 3. The molecule has 0 aliphatic carbocycles. The Morgan fingerprint density at radius 2 is 2.14 bits per heavy atom. The number of pyridine rings is 1. The van der Waals surface area contributed by atoms with Gasteiger partial charge in [0.05, 0.1) is 30.6 Å². The zero-order valence-electron chi connectivity index (χ0n) is 16.1. The van der Waals surface area contributed by atoms with Gasteiger partial charge in [0.15, 0.2) is 0 Å². The number of Topliss-reactive ketones (excluding diaryl/α,β-unsaturated/α-hetero) is 1. The molecule has 0 amide bonds. The summed E-state index contributed by atoms with van der Waals surface area (Å²) in [6, 6.07) is 3.67. The Bertz CT molecular complexity index is 904. The summed E-state index contributed by atoms with van der Waals surface area (Å²) < 4.78 is 10.4. The molecule has 148 valence electrons. The Labute approximate surface area is 163 Å². The molecule has 0 unspecified atom stereocenters. The number of aromatic amines is 1. The average Bonchev–Trinajstić information content (AvgIpc) is 3.39. The molecule has 0 saturated carbocycles. The van der Waals surface area contributed by atoms with Gasteiger partial charge < -0.3 is 19.9 Å². The number of hydrogen-bond donors (Lipinski definition) is 2. The van der Waals surface area contributed by atoms with Crippen molar-refractivity contribution in [2.24, 2.45) is 5.73 Å². The van der Waals surface area contributed by atoms with Gasteiger partial charge in [-0.15, -0.1) is 0 Å². The lowest BCUT2D eigenvalue weighted by molar-refractivity contribution is 0.0945. The fraction of sp³-hybridized carbons (Fsp3) is 0.400. The van der Waals surface area contributed by atoms with E-state index in [9.17, 15) is 4.79 Å². The number of oxazole rings is 1. The van der Waals surface area contributed by atoms with E-state index >= 15 is 0 Å². The number of unbranched alkanes of at least 4 members (excludes halogenated alkanes) is 2. The lowest BCUT2D eigenvalue weighted by atomic mass is 10.1. The van der Waals surface area contributed by atoms with Gasteiger partial charge in [0, 0.05) is 18.3 Å². The molecule has 0 fully saturated rings. The third-order valence-corrected chi connectivity index (χ3v) is 4.51. The van der Waals surface area contributed by atoms with E-state index in [2.05, 4.69) is 19.9 Å². The van der Waals surface area contributed by atoms with E-state index in [4.69, 9.17) is 14.9 Å². The molecular formula is C20H25N5O3. The Morgan fingerprint density at radius 3 is 2.89 bits per heavy atom. The lowest BCUT2D eigenvalue weighted by Gasteiger charge is -2.08. The Kier molecular flexibility index (Phi) is 6.54. The van der Waals surface area contributed by atoms with Crippen LogP contribution in [0.15, 0.2) is 35.2 Å². The topological polar surface area (TPSA) is 120 Å². The predicted molar refractivity (Wildman–Crippen MR) is 104 cm³/mol. The van der Waals surface area contributed by atoms with Crippen molar-refractivity contribution in [2.75, 3.05) is 7.11 Å². The summed E-state index contributed by atoms with van der Waals surface area (Å²) >= 11 is 0. The third kappa shape index (κ3) is 4.83. The predicted octanol–water partition coefficient (Wildman–Crippen LogP) is 3.61. The lowest BCUT2D eigenvalue weighted by Crippen LogP contribution is -2.12. The number of nitrogens with two attached hydrogens (primary N) is 1. The summed E-state index contributed by atoms with van der Waals surface area (Å²) in [7, 11) is 1.59. The molecule has 0 saturated heterocycles. The van der Waals surface area contributed by atoms with Gasteiger partial charge in [-0.3, -0.25) is 4.79 Å². The molecule has 0 aromatic carbocycles. The van der Waals surface area contributed by atoms with Gasteiger partial charge in [-0.1, -0.05) is 12.8 Å². The first kappa shape index (κ1) is 19.8. The van der Waals surface area contributed by atoms with Crippen molar-refractivity contribution in [3.63, 3.8) is 0 Å². The maximum atomic E-state index is 11.8. The molecule has 8 heteroatoms. The zero-order chi connectivity index (χ0) is 19.9. The largest absolute Gasteiger partial charge is 0.480 e. The maximum Gasteiger partial charge on any atom is 0.263 e. The molecule has 0 aliphatic rings. The van der Waals surface area contributed by atoms with Crippen LogP contribution in [0.3, 0.4) is 0 Å². The normalized spacial score (nSPS) is 12.1. The van der Waals surface area contributed by atoms with Crippen LogP contribution < -0.4 is 10.5 Å². The number of methoxy groups -OCH3 is 1. The number of ether oxygens (including phenoxy) is 1. The Hall–Kier alpha value is -3.00. The van der Waals surface area contributed by atoms with E-state index < -0.39 is 0 Å². The molecule has 0 radical (unpaired) electrons. The fourth-order valence-electron chi connectivity index (χ4n) is 2.98. The highest BCUT2D eigenvalue weighted by Crippen LogP contribution is 2.28. The van der Waals surface area contributed by atoms with Crippen molar-refractivity contribution in [2.45, 2.75) is 45.1 Å². The minimum absolute atomic E-state index is 0.0642. The van der Waals surface area contributed by atoms with Crippen LogP contribution in [-0.4, -0.2) is 32.8 Å². The first-order chi connectivity index (χ1) is 13.6. The molecule has 0 bridgehead atoms. The second-order valence-corrected chi connectivity index (χ2v) is 6.65. The van der Waals surface area contributed by atoms with E-state index in [1.165, 1.54) is 12.5 Å². The number of carbonyl (C=O) groups excluding carboxylic acids is 1. The van der Waals surface area contributed by atoms with Crippen molar-refractivity contribution in [3.05, 3.63) is 48.2 Å². The third-order valence-electron chi connectivity index (χ3n) is 4.51. The van der Waals surface area contributed by atoms with Gasteiger partial charge in [-0.25, -0.2) is 15.0 Å². The quantitative estimate of drug-likeness (QED) is 0.405. The molecule has 3 N–H and O–H groups in total. The molecule has 3 heterocycles. The number of ketones is 1. The van der Waals surface area contributed by atoms with Gasteiger partial charge in [-0.05, 0) is 31.9 Å². The van der Waals surface area contributed by atoms with Crippen LogP contribution in [0.4, 0.5) is 0 Å². The van der Waals surface area contributed by atoms with E-state index in [1.54, 1.807) is 7.11 Å². The van der Waals surface area contributed by atoms with E-state index in [0.717, 1.165) is 48.5 Å². The maximum absolute atomic E-state index is 11.8. The van der Waals surface area contributed by atoms with Crippen molar-refractivity contribution in [3.8, 4) is 17.1 Å². The number of aromatic nitrogens is 4. The number of carbonyl (C=O) groups is 1. The van der Waals surface area contributed by atoms with Crippen molar-refractivity contribution >= 4 is 5.78 Å². The molecule has 3 rings (SSSR count). The van der Waals surface area contributed by atoms with Crippen LogP contribution in [0.2, 0.25) is 0 Å². The average molecular weight is 383 g/mol. The summed E-state index contributed by atoms with van der Waals surface area (Å²) in [6.45, 7) is 1.91. The second kappa shape index (κ2) is 9.27. The van der Waals surface area contributed by atoms with Gasteiger partial charge >= 0.3 is 0 Å². The summed E-state index contributed by atoms with van der Waals surface area (Å²) in [5.74, 6) is 1.39. The minimum Gasteiger partial charge on any atom is -0.480 e. The van der Waals surface area contributed by atoms with E-state index in [0.29, 0.717) is 12.3 Å². The number of H-pyrrole nitrogens is 1. The number of hydrogen-bond acceptors (Lipinski definition) is 7. The monoisotopic (exact) mass is 383 g/mol. The number of rotatable bonds is 10. The standard InChI is InChI=1S/C20H25N5O3/c1-13-8-9-14(19(24-13)27-2)16-12-23-18(25-16)15(21)6-4-3-5-7-17(26)20-22-10-11-28-20/h8-12,15H,3-7,21H2,1-2H3,(H,23,25)/t15-/m0/s1. The SMILES string of the molecule is COc1nc(C)ccc1-c1c[nH]c([C@@H](N)CCCCCC(=O)c2ncco2)n1. The number of nitrogens with one attached hydrogen (secondary N) is 1. The molecule has 1 atom stereocenters. The molecule has 8 nitrogen and oxygen atoms in total.